The van der Waals surface area contributed by atoms with E-state index in [0.29, 0.717) is 25.9 Å². The molecule has 0 radical (unpaired) electrons. The van der Waals surface area contributed by atoms with Crippen molar-refractivity contribution in [1.29, 1.82) is 0 Å². The lowest BCUT2D eigenvalue weighted by molar-refractivity contribution is -0.135. The number of imidazole rings is 1. The predicted molar refractivity (Wildman–Crippen MR) is 107 cm³/mol. The SMILES string of the molecule is O=C(NCCCc1ncc2ccccn12)C1CCC(=O)N1Cc1ccccc1. The molecular formula is C22H24N4O2. The van der Waals surface area contributed by atoms with Crippen molar-refractivity contribution in [3.05, 3.63) is 72.3 Å². The molecule has 0 bridgehead atoms. The first-order chi connectivity index (χ1) is 13.7. The van der Waals surface area contributed by atoms with Crippen molar-refractivity contribution in [3.8, 4) is 0 Å². The monoisotopic (exact) mass is 376 g/mol. The van der Waals surface area contributed by atoms with Crippen LogP contribution in [-0.4, -0.2) is 38.7 Å². The molecule has 3 heterocycles. The molecule has 1 aliphatic heterocycles. The Kier molecular flexibility index (Phi) is 5.37. The van der Waals surface area contributed by atoms with Gasteiger partial charge in [0.05, 0.1) is 11.7 Å². The van der Waals surface area contributed by atoms with E-state index in [1.807, 2.05) is 60.9 Å². The largest absolute Gasteiger partial charge is 0.354 e. The van der Waals surface area contributed by atoms with E-state index in [2.05, 4.69) is 14.7 Å². The van der Waals surface area contributed by atoms with E-state index < -0.39 is 0 Å². The van der Waals surface area contributed by atoms with E-state index in [9.17, 15) is 9.59 Å². The van der Waals surface area contributed by atoms with Crippen LogP contribution in [0, 0.1) is 0 Å². The minimum atomic E-state index is -0.375. The van der Waals surface area contributed by atoms with Crippen molar-refractivity contribution in [2.24, 2.45) is 0 Å². The van der Waals surface area contributed by atoms with Crippen molar-refractivity contribution in [2.45, 2.75) is 38.3 Å². The number of nitrogens with one attached hydrogen (secondary N) is 1. The van der Waals surface area contributed by atoms with Crippen molar-refractivity contribution in [3.63, 3.8) is 0 Å². The van der Waals surface area contributed by atoms with Gasteiger partial charge in [-0.3, -0.25) is 9.59 Å². The lowest BCUT2D eigenvalue weighted by Crippen LogP contribution is -2.44. The average Bonchev–Trinajstić information content (AvgIpc) is 3.30. The topological polar surface area (TPSA) is 66.7 Å². The van der Waals surface area contributed by atoms with E-state index in [0.717, 1.165) is 29.7 Å². The van der Waals surface area contributed by atoms with Crippen molar-refractivity contribution >= 4 is 17.3 Å². The molecular weight excluding hydrogens is 352 g/mol. The zero-order valence-corrected chi connectivity index (χ0v) is 15.8. The normalized spacial score (nSPS) is 16.6. The van der Waals surface area contributed by atoms with Crippen LogP contribution in [0.25, 0.3) is 5.52 Å². The maximum absolute atomic E-state index is 12.6. The molecule has 1 aromatic carbocycles. The Morgan fingerprint density at radius 3 is 2.82 bits per heavy atom. The number of amides is 2. The lowest BCUT2D eigenvalue weighted by atomic mass is 10.1. The molecule has 0 aliphatic carbocycles. The summed E-state index contributed by atoms with van der Waals surface area (Å²) in [5.74, 6) is 0.981. The van der Waals surface area contributed by atoms with E-state index in [-0.39, 0.29) is 17.9 Å². The highest BCUT2D eigenvalue weighted by Gasteiger charge is 2.35. The minimum Gasteiger partial charge on any atom is -0.354 e. The fraction of sp³-hybridized carbons (Fsp3) is 0.318. The summed E-state index contributed by atoms with van der Waals surface area (Å²) in [4.78, 5) is 31.0. The highest BCUT2D eigenvalue weighted by molar-refractivity contribution is 5.90. The van der Waals surface area contributed by atoms with Gasteiger partial charge in [-0.15, -0.1) is 0 Å². The van der Waals surface area contributed by atoms with Crippen molar-refractivity contribution in [2.75, 3.05) is 6.54 Å². The van der Waals surface area contributed by atoms with Crippen LogP contribution in [0.4, 0.5) is 0 Å². The predicted octanol–water partition coefficient (Wildman–Crippen LogP) is 2.57. The number of carbonyl (C=O) groups excluding carboxylic acids is 2. The minimum absolute atomic E-state index is 0.0489. The molecule has 3 aromatic rings. The first-order valence-electron chi connectivity index (χ1n) is 9.74. The molecule has 6 heteroatoms. The van der Waals surface area contributed by atoms with Crippen LogP contribution in [-0.2, 0) is 22.6 Å². The standard InChI is InChI=1S/C22H24N4O2/c27-21-12-11-19(26(21)16-17-7-2-1-3-8-17)22(28)23-13-6-10-20-24-15-18-9-4-5-14-25(18)20/h1-5,7-9,14-15,19H,6,10-13,16H2,(H,23,28). The highest BCUT2D eigenvalue weighted by Crippen LogP contribution is 2.21. The summed E-state index contributed by atoms with van der Waals surface area (Å²) in [7, 11) is 0. The van der Waals surface area contributed by atoms with Crippen molar-refractivity contribution < 1.29 is 9.59 Å². The summed E-state index contributed by atoms with van der Waals surface area (Å²) in [6.45, 7) is 1.06. The Balaban J connectivity index is 1.29. The molecule has 144 valence electrons. The number of pyridine rings is 1. The van der Waals surface area contributed by atoms with E-state index in [4.69, 9.17) is 0 Å². The Hall–Kier alpha value is -3.15. The summed E-state index contributed by atoms with van der Waals surface area (Å²) in [5.41, 5.74) is 2.12. The third kappa shape index (κ3) is 3.91. The Labute approximate surface area is 164 Å². The third-order valence-corrected chi connectivity index (χ3v) is 5.22. The van der Waals surface area contributed by atoms with Gasteiger partial charge < -0.3 is 14.6 Å². The average molecular weight is 376 g/mol. The zero-order chi connectivity index (χ0) is 19.3. The van der Waals surface area contributed by atoms with Crippen LogP contribution in [0.5, 0.6) is 0 Å². The fourth-order valence-electron chi connectivity index (χ4n) is 3.74. The zero-order valence-electron chi connectivity index (χ0n) is 15.8. The van der Waals surface area contributed by atoms with E-state index in [1.54, 1.807) is 4.90 Å². The molecule has 2 amide bonds. The molecule has 0 saturated carbocycles. The molecule has 0 spiro atoms. The maximum Gasteiger partial charge on any atom is 0.242 e. The summed E-state index contributed by atoms with van der Waals surface area (Å²) in [5, 5.41) is 3.00. The molecule has 28 heavy (non-hydrogen) atoms. The number of likely N-dealkylation sites (tertiary alicyclic amines) is 1. The fourth-order valence-corrected chi connectivity index (χ4v) is 3.74. The molecule has 1 atom stereocenters. The van der Waals surface area contributed by atoms with E-state index in [1.165, 1.54) is 0 Å². The number of hydrogen-bond donors (Lipinski definition) is 1. The first kappa shape index (κ1) is 18.2. The lowest BCUT2D eigenvalue weighted by Gasteiger charge is -2.24. The van der Waals surface area contributed by atoms with Crippen LogP contribution in [0.1, 0.15) is 30.7 Å². The van der Waals surface area contributed by atoms with Gasteiger partial charge in [0.2, 0.25) is 11.8 Å². The number of aromatic nitrogens is 2. The van der Waals surface area contributed by atoms with Crippen LogP contribution >= 0.6 is 0 Å². The number of nitrogens with zero attached hydrogens (tertiary/aromatic N) is 3. The van der Waals surface area contributed by atoms with Gasteiger partial charge in [0.1, 0.15) is 11.9 Å². The number of fused-ring (bicyclic) bond motifs is 1. The maximum atomic E-state index is 12.6. The molecule has 1 N–H and O–H groups in total. The van der Waals surface area contributed by atoms with Gasteiger partial charge >= 0.3 is 0 Å². The summed E-state index contributed by atoms with van der Waals surface area (Å²) >= 11 is 0. The quantitative estimate of drug-likeness (QED) is 0.645. The summed E-state index contributed by atoms with van der Waals surface area (Å²) in [6, 6.07) is 15.4. The molecule has 6 nitrogen and oxygen atoms in total. The second-order valence-corrected chi connectivity index (χ2v) is 7.13. The molecule has 4 rings (SSSR count). The van der Waals surface area contributed by atoms with Crippen molar-refractivity contribution in [1.82, 2.24) is 19.6 Å². The number of carbonyl (C=O) groups is 2. The summed E-state index contributed by atoms with van der Waals surface area (Å²) < 4.78 is 2.07. The number of benzene rings is 1. The second-order valence-electron chi connectivity index (χ2n) is 7.13. The number of hydrogen-bond acceptors (Lipinski definition) is 3. The van der Waals surface area contributed by atoms with Crippen LogP contribution < -0.4 is 5.32 Å². The molecule has 1 saturated heterocycles. The Morgan fingerprint density at radius 2 is 1.96 bits per heavy atom. The van der Waals surface area contributed by atoms with Gasteiger partial charge in [-0.1, -0.05) is 36.4 Å². The van der Waals surface area contributed by atoms with Gasteiger partial charge in [0.25, 0.3) is 0 Å². The molecule has 1 unspecified atom stereocenters. The highest BCUT2D eigenvalue weighted by atomic mass is 16.2. The van der Waals surface area contributed by atoms with E-state index >= 15 is 0 Å². The number of rotatable bonds is 7. The third-order valence-electron chi connectivity index (χ3n) is 5.22. The Bertz CT molecular complexity index is 967. The van der Waals surface area contributed by atoms with Gasteiger partial charge in [-0.2, -0.15) is 0 Å². The summed E-state index contributed by atoms with van der Waals surface area (Å²) in [6.07, 6.45) is 6.48. The molecule has 2 aromatic heterocycles. The number of aryl methyl sites for hydroxylation is 1. The van der Waals surface area contributed by atoms with Crippen LogP contribution in [0.3, 0.4) is 0 Å². The molecule has 1 aliphatic rings. The van der Waals surface area contributed by atoms with Gasteiger partial charge in [-0.25, -0.2) is 4.98 Å². The smallest absolute Gasteiger partial charge is 0.242 e. The second kappa shape index (κ2) is 8.25. The molecule has 1 fully saturated rings. The van der Waals surface area contributed by atoms with Crippen LogP contribution in [0.15, 0.2) is 60.9 Å². The van der Waals surface area contributed by atoms with Crippen LogP contribution in [0.2, 0.25) is 0 Å². The van der Waals surface area contributed by atoms with Gasteiger partial charge in [0.15, 0.2) is 0 Å². The van der Waals surface area contributed by atoms with Gasteiger partial charge in [-0.05, 0) is 30.5 Å². The Morgan fingerprint density at radius 1 is 1.14 bits per heavy atom. The first-order valence-corrected chi connectivity index (χ1v) is 9.74. The van der Waals surface area contributed by atoms with Gasteiger partial charge in [0, 0.05) is 32.1 Å².